The molecular formula is C17H17NO7. The van der Waals surface area contributed by atoms with Crippen LogP contribution >= 0.6 is 0 Å². The van der Waals surface area contributed by atoms with Crippen LogP contribution in [0.5, 0.6) is 11.5 Å². The van der Waals surface area contributed by atoms with Crippen molar-refractivity contribution in [2.24, 2.45) is 0 Å². The minimum absolute atomic E-state index is 0.00561. The number of carboxylic acids is 1. The van der Waals surface area contributed by atoms with Crippen molar-refractivity contribution in [3.05, 3.63) is 59.7 Å². The summed E-state index contributed by atoms with van der Waals surface area (Å²) in [4.78, 5) is 23.1. The number of benzene rings is 2. The van der Waals surface area contributed by atoms with Crippen LogP contribution in [0.3, 0.4) is 0 Å². The number of phenols is 2. The molecule has 1 amide bonds. The zero-order valence-electron chi connectivity index (χ0n) is 13.0. The Morgan fingerprint density at radius 1 is 1.04 bits per heavy atom. The van der Waals surface area contributed by atoms with Gasteiger partial charge in [0, 0.05) is 0 Å². The smallest absolute Gasteiger partial charge is 0.408 e. The summed E-state index contributed by atoms with van der Waals surface area (Å²) in [5.74, 6) is -2.43. The van der Waals surface area contributed by atoms with E-state index < -0.39 is 35.7 Å². The van der Waals surface area contributed by atoms with Crippen LogP contribution in [-0.4, -0.2) is 38.5 Å². The maximum Gasteiger partial charge on any atom is 0.408 e. The van der Waals surface area contributed by atoms with Crippen molar-refractivity contribution in [3.63, 3.8) is 0 Å². The molecule has 132 valence electrons. The van der Waals surface area contributed by atoms with E-state index in [9.17, 15) is 30.0 Å². The Labute approximate surface area is 142 Å². The third-order valence-electron chi connectivity index (χ3n) is 3.41. The predicted molar refractivity (Wildman–Crippen MR) is 85.9 cm³/mol. The molecule has 0 aliphatic rings. The van der Waals surface area contributed by atoms with Crippen molar-refractivity contribution in [2.75, 3.05) is 0 Å². The van der Waals surface area contributed by atoms with Gasteiger partial charge >= 0.3 is 12.1 Å². The van der Waals surface area contributed by atoms with E-state index in [2.05, 4.69) is 5.32 Å². The molecule has 8 nitrogen and oxygen atoms in total. The summed E-state index contributed by atoms with van der Waals surface area (Å²) in [6.07, 6.45) is -2.67. The van der Waals surface area contributed by atoms with Gasteiger partial charge in [0.2, 0.25) is 0 Å². The molecule has 0 spiro atoms. The van der Waals surface area contributed by atoms with Gasteiger partial charge in [0.15, 0.2) is 17.5 Å². The number of aliphatic hydroxyl groups excluding tert-OH is 1. The molecule has 0 fully saturated rings. The molecule has 8 heteroatoms. The van der Waals surface area contributed by atoms with Crippen molar-refractivity contribution in [1.82, 2.24) is 5.32 Å². The van der Waals surface area contributed by atoms with E-state index in [1.165, 1.54) is 6.07 Å². The lowest BCUT2D eigenvalue weighted by Crippen LogP contribution is -2.45. The van der Waals surface area contributed by atoms with E-state index in [4.69, 9.17) is 4.74 Å². The van der Waals surface area contributed by atoms with Crippen molar-refractivity contribution < 1.29 is 34.8 Å². The van der Waals surface area contributed by atoms with Crippen molar-refractivity contribution >= 4 is 12.1 Å². The molecule has 2 aromatic rings. The van der Waals surface area contributed by atoms with Gasteiger partial charge in [0.1, 0.15) is 12.7 Å². The highest BCUT2D eigenvalue weighted by molar-refractivity contribution is 5.80. The van der Waals surface area contributed by atoms with Crippen LogP contribution in [0, 0.1) is 0 Å². The highest BCUT2D eigenvalue weighted by atomic mass is 16.5. The van der Waals surface area contributed by atoms with Gasteiger partial charge in [0.05, 0.1) is 0 Å². The highest BCUT2D eigenvalue weighted by Gasteiger charge is 2.30. The fourth-order valence-electron chi connectivity index (χ4n) is 2.08. The molecule has 0 saturated carbocycles. The third kappa shape index (κ3) is 4.85. The van der Waals surface area contributed by atoms with Gasteiger partial charge < -0.3 is 30.5 Å². The first kappa shape index (κ1) is 18.1. The first-order chi connectivity index (χ1) is 11.9. The fourth-order valence-corrected chi connectivity index (χ4v) is 2.08. The number of amides is 1. The number of carbonyl (C=O) groups excluding carboxylic acids is 1. The molecule has 0 heterocycles. The van der Waals surface area contributed by atoms with E-state index >= 15 is 0 Å². The molecule has 0 bridgehead atoms. The molecule has 0 aliphatic carbocycles. The Hall–Kier alpha value is -3.26. The second-order valence-electron chi connectivity index (χ2n) is 5.21. The van der Waals surface area contributed by atoms with Crippen LogP contribution in [0.25, 0.3) is 0 Å². The van der Waals surface area contributed by atoms with E-state index in [0.29, 0.717) is 5.56 Å². The van der Waals surface area contributed by atoms with Gasteiger partial charge in [-0.25, -0.2) is 9.59 Å². The number of aliphatic hydroxyl groups is 1. The summed E-state index contributed by atoms with van der Waals surface area (Å²) < 4.78 is 4.92. The number of carbonyl (C=O) groups is 2. The standard InChI is InChI=1S/C17H17NO7/c19-12-7-6-11(8-13(12)20)15(21)14(16(22)23)18-17(24)25-9-10-4-2-1-3-5-10/h1-8,14-15,19-21H,9H2,(H,18,24)(H,22,23)/t14-,15+/m1/s1. The molecule has 25 heavy (non-hydrogen) atoms. The Morgan fingerprint density at radius 2 is 1.72 bits per heavy atom. The average molecular weight is 347 g/mol. The Balaban J connectivity index is 2.03. The third-order valence-corrected chi connectivity index (χ3v) is 3.41. The largest absolute Gasteiger partial charge is 0.504 e. The number of hydrogen-bond acceptors (Lipinski definition) is 6. The van der Waals surface area contributed by atoms with Crippen LogP contribution in [0.15, 0.2) is 48.5 Å². The first-order valence-electron chi connectivity index (χ1n) is 7.28. The monoisotopic (exact) mass is 347 g/mol. The van der Waals surface area contributed by atoms with Gasteiger partial charge in [-0.05, 0) is 23.3 Å². The number of rotatable bonds is 6. The number of phenolic OH excluding ortho intramolecular Hbond substituents is 2. The predicted octanol–water partition coefficient (Wildman–Crippen LogP) is 1.51. The van der Waals surface area contributed by atoms with Crippen LogP contribution < -0.4 is 5.32 Å². The van der Waals surface area contributed by atoms with Crippen LogP contribution in [-0.2, 0) is 16.1 Å². The lowest BCUT2D eigenvalue weighted by Gasteiger charge is -2.20. The molecule has 0 radical (unpaired) electrons. The molecule has 0 aromatic heterocycles. The second kappa shape index (κ2) is 8.02. The second-order valence-corrected chi connectivity index (χ2v) is 5.21. The average Bonchev–Trinajstić information content (AvgIpc) is 2.60. The SMILES string of the molecule is O=C(N[C@@H](C(=O)O)[C@@H](O)c1ccc(O)c(O)c1)OCc1ccccc1. The molecule has 5 N–H and O–H groups in total. The molecule has 2 atom stereocenters. The van der Waals surface area contributed by atoms with E-state index in [-0.39, 0.29) is 12.2 Å². The summed E-state index contributed by atoms with van der Waals surface area (Å²) in [5, 5.41) is 40.1. The topological polar surface area (TPSA) is 136 Å². The van der Waals surface area contributed by atoms with Crippen LogP contribution in [0.2, 0.25) is 0 Å². The molecule has 2 aromatic carbocycles. The minimum atomic E-state index is -1.70. The van der Waals surface area contributed by atoms with Gasteiger partial charge in [-0.3, -0.25) is 0 Å². The maximum absolute atomic E-state index is 11.8. The maximum atomic E-state index is 11.8. The van der Waals surface area contributed by atoms with Gasteiger partial charge in [0.25, 0.3) is 0 Å². The number of aromatic hydroxyl groups is 2. The quantitative estimate of drug-likeness (QED) is 0.500. The Kier molecular flexibility index (Phi) is 5.80. The number of ether oxygens (including phenoxy) is 1. The highest BCUT2D eigenvalue weighted by Crippen LogP contribution is 2.29. The summed E-state index contributed by atoms with van der Waals surface area (Å²) in [6, 6.07) is 10.4. The number of alkyl carbamates (subject to hydrolysis) is 1. The normalized spacial score (nSPS) is 12.8. The van der Waals surface area contributed by atoms with Crippen molar-refractivity contribution in [3.8, 4) is 11.5 Å². The summed E-state index contributed by atoms with van der Waals surface area (Å²) in [6.45, 7) is -0.0604. The van der Waals surface area contributed by atoms with Gasteiger partial charge in [-0.1, -0.05) is 36.4 Å². The zero-order valence-corrected chi connectivity index (χ0v) is 13.0. The zero-order chi connectivity index (χ0) is 18.4. The molecule has 0 saturated heterocycles. The summed E-state index contributed by atoms with van der Waals surface area (Å²) >= 11 is 0. The minimum Gasteiger partial charge on any atom is -0.504 e. The van der Waals surface area contributed by atoms with E-state index in [1.54, 1.807) is 30.3 Å². The number of carboxylic acid groups (broad SMARTS) is 1. The summed E-state index contributed by atoms with van der Waals surface area (Å²) in [7, 11) is 0. The fraction of sp³-hybridized carbons (Fsp3) is 0.176. The van der Waals surface area contributed by atoms with E-state index in [1.807, 2.05) is 0 Å². The van der Waals surface area contributed by atoms with E-state index in [0.717, 1.165) is 12.1 Å². The van der Waals surface area contributed by atoms with Crippen LogP contribution in [0.4, 0.5) is 4.79 Å². The van der Waals surface area contributed by atoms with Gasteiger partial charge in [-0.15, -0.1) is 0 Å². The Bertz CT molecular complexity index is 748. The molecule has 2 rings (SSSR count). The van der Waals surface area contributed by atoms with Crippen LogP contribution in [0.1, 0.15) is 17.2 Å². The lowest BCUT2D eigenvalue weighted by atomic mass is 10.0. The molecular weight excluding hydrogens is 330 g/mol. The number of nitrogens with one attached hydrogen (secondary N) is 1. The summed E-state index contributed by atoms with van der Waals surface area (Å²) in [5.41, 5.74) is 0.722. The molecule has 0 unspecified atom stereocenters. The number of hydrogen-bond donors (Lipinski definition) is 5. The van der Waals surface area contributed by atoms with Crippen molar-refractivity contribution in [2.45, 2.75) is 18.8 Å². The first-order valence-corrected chi connectivity index (χ1v) is 7.28. The molecule has 0 aliphatic heterocycles. The number of aliphatic carboxylic acids is 1. The lowest BCUT2D eigenvalue weighted by molar-refractivity contribution is -0.142. The van der Waals surface area contributed by atoms with Crippen molar-refractivity contribution in [1.29, 1.82) is 0 Å². The Morgan fingerprint density at radius 3 is 2.32 bits per heavy atom. The van der Waals surface area contributed by atoms with Gasteiger partial charge in [-0.2, -0.15) is 0 Å².